The van der Waals surface area contributed by atoms with Crippen molar-refractivity contribution in [1.29, 1.82) is 0 Å². The number of hydrogen-bond donors (Lipinski definition) is 0. The van der Waals surface area contributed by atoms with Crippen molar-refractivity contribution in [2.75, 3.05) is 6.61 Å². The molecule has 1 aliphatic rings. The van der Waals surface area contributed by atoms with Crippen molar-refractivity contribution < 1.29 is 9.57 Å². The molecule has 5 nitrogen and oxygen atoms in total. The predicted molar refractivity (Wildman–Crippen MR) is 101 cm³/mol. The third kappa shape index (κ3) is 3.41. The lowest BCUT2D eigenvalue weighted by Gasteiger charge is -2.27. The molecule has 0 saturated heterocycles. The third-order valence-electron chi connectivity index (χ3n) is 4.16. The van der Waals surface area contributed by atoms with E-state index in [-0.39, 0.29) is 12.6 Å². The molecule has 4 rings (SSSR count). The monoisotopic (exact) mass is 387 g/mol. The van der Waals surface area contributed by atoms with Crippen LogP contribution < -0.4 is 4.74 Å². The summed E-state index contributed by atoms with van der Waals surface area (Å²) in [5.74, 6) is 0.788. The Bertz CT molecular complexity index is 942. The van der Waals surface area contributed by atoms with Gasteiger partial charge in [-0.3, -0.25) is 0 Å². The fourth-order valence-corrected chi connectivity index (χ4v) is 3.30. The largest absolute Gasteiger partial charge is 0.490 e. The lowest BCUT2D eigenvalue weighted by atomic mass is 10.00. The molecule has 1 atom stereocenters. The quantitative estimate of drug-likeness (QED) is 0.607. The number of benzene rings is 2. The molecule has 132 valence electrons. The number of rotatable bonds is 4. The van der Waals surface area contributed by atoms with Gasteiger partial charge in [0.05, 0.1) is 6.33 Å². The highest BCUT2D eigenvalue weighted by Gasteiger charge is 2.28. The van der Waals surface area contributed by atoms with E-state index in [9.17, 15) is 0 Å². The molecular formula is C19H15Cl2N3O2. The van der Waals surface area contributed by atoms with Crippen LogP contribution >= 0.6 is 23.2 Å². The van der Waals surface area contributed by atoms with Gasteiger partial charge in [-0.15, -0.1) is 0 Å². The Labute approximate surface area is 160 Å². The molecular weight excluding hydrogens is 373 g/mol. The first-order chi connectivity index (χ1) is 12.7. The van der Waals surface area contributed by atoms with Gasteiger partial charge in [-0.2, -0.15) is 0 Å². The SMILES string of the molecule is Clc1ccc(CO/N=C2/c3ccccc3OCC2n2ccnc2)c(Cl)c1. The normalized spacial score (nSPS) is 17.6. The summed E-state index contributed by atoms with van der Waals surface area (Å²) in [6.07, 6.45) is 5.35. The van der Waals surface area contributed by atoms with Crippen molar-refractivity contribution in [3.8, 4) is 5.75 Å². The Morgan fingerprint density at radius 2 is 2.12 bits per heavy atom. The predicted octanol–water partition coefficient (Wildman–Crippen LogP) is 4.74. The first kappa shape index (κ1) is 16.9. The van der Waals surface area contributed by atoms with Crippen LogP contribution in [0.3, 0.4) is 0 Å². The van der Waals surface area contributed by atoms with E-state index < -0.39 is 0 Å². The van der Waals surface area contributed by atoms with Gasteiger partial charge in [0, 0.05) is 33.6 Å². The summed E-state index contributed by atoms with van der Waals surface area (Å²) in [7, 11) is 0. The zero-order valence-corrected chi connectivity index (χ0v) is 15.2. The van der Waals surface area contributed by atoms with E-state index in [1.807, 2.05) is 41.1 Å². The summed E-state index contributed by atoms with van der Waals surface area (Å²) in [4.78, 5) is 9.75. The summed E-state index contributed by atoms with van der Waals surface area (Å²) in [5.41, 5.74) is 2.51. The molecule has 2 aromatic carbocycles. The lowest BCUT2D eigenvalue weighted by molar-refractivity contribution is 0.127. The number of halogens is 2. The van der Waals surface area contributed by atoms with Crippen LogP contribution in [0.2, 0.25) is 10.0 Å². The third-order valence-corrected chi connectivity index (χ3v) is 4.75. The van der Waals surface area contributed by atoms with Crippen molar-refractivity contribution in [2.24, 2.45) is 5.16 Å². The van der Waals surface area contributed by atoms with E-state index in [1.54, 1.807) is 24.7 Å². The summed E-state index contributed by atoms with van der Waals surface area (Å²) in [6, 6.07) is 12.9. The van der Waals surface area contributed by atoms with Crippen molar-refractivity contribution in [3.05, 3.63) is 82.4 Å². The summed E-state index contributed by atoms with van der Waals surface area (Å²) < 4.78 is 7.82. The van der Waals surface area contributed by atoms with E-state index in [2.05, 4.69) is 10.1 Å². The maximum absolute atomic E-state index is 6.20. The maximum Gasteiger partial charge on any atom is 0.143 e. The van der Waals surface area contributed by atoms with Crippen molar-refractivity contribution in [1.82, 2.24) is 9.55 Å². The number of oxime groups is 1. The minimum absolute atomic E-state index is 0.118. The minimum atomic E-state index is -0.118. The molecule has 0 N–H and O–H groups in total. The van der Waals surface area contributed by atoms with Crippen LogP contribution in [0, 0.1) is 0 Å². The van der Waals surface area contributed by atoms with Gasteiger partial charge in [-0.1, -0.05) is 46.6 Å². The highest BCUT2D eigenvalue weighted by Crippen LogP contribution is 2.30. The van der Waals surface area contributed by atoms with Crippen LogP contribution in [0.4, 0.5) is 0 Å². The van der Waals surface area contributed by atoms with Crippen LogP contribution in [-0.2, 0) is 11.4 Å². The second kappa shape index (κ2) is 7.40. The zero-order chi connectivity index (χ0) is 17.9. The van der Waals surface area contributed by atoms with Gasteiger partial charge < -0.3 is 14.1 Å². The Balaban J connectivity index is 1.62. The van der Waals surface area contributed by atoms with Gasteiger partial charge >= 0.3 is 0 Å². The standard InChI is InChI=1S/C19H15Cl2N3O2/c20-14-6-5-13(16(21)9-14)10-26-23-19-15-3-1-2-4-18(15)25-11-17(19)24-8-7-22-12-24/h1-9,12,17H,10-11H2/b23-19-. The molecule has 0 spiro atoms. The Morgan fingerprint density at radius 3 is 2.92 bits per heavy atom. The smallest absolute Gasteiger partial charge is 0.143 e. The van der Waals surface area contributed by atoms with E-state index in [4.69, 9.17) is 32.8 Å². The van der Waals surface area contributed by atoms with Gasteiger partial charge in [-0.05, 0) is 24.3 Å². The second-order valence-electron chi connectivity index (χ2n) is 5.82. The fourth-order valence-electron chi connectivity index (χ4n) is 2.83. The molecule has 26 heavy (non-hydrogen) atoms. The molecule has 1 aromatic heterocycles. The molecule has 7 heteroatoms. The van der Waals surface area contributed by atoms with E-state index in [0.29, 0.717) is 16.7 Å². The summed E-state index contributed by atoms with van der Waals surface area (Å²) in [6.45, 7) is 0.705. The number of aromatic nitrogens is 2. The molecule has 3 aromatic rings. The van der Waals surface area contributed by atoms with Gasteiger partial charge in [0.15, 0.2) is 0 Å². The number of imidazole rings is 1. The van der Waals surface area contributed by atoms with Gasteiger partial charge in [-0.25, -0.2) is 4.98 Å². The van der Waals surface area contributed by atoms with Crippen LogP contribution in [0.1, 0.15) is 17.2 Å². The fraction of sp³-hybridized carbons (Fsp3) is 0.158. The molecule has 0 amide bonds. The Kier molecular flexibility index (Phi) is 4.82. The summed E-state index contributed by atoms with van der Waals surface area (Å²) in [5, 5.41) is 5.56. The van der Waals surface area contributed by atoms with Crippen molar-refractivity contribution in [3.63, 3.8) is 0 Å². The highest BCUT2D eigenvalue weighted by molar-refractivity contribution is 6.35. The zero-order valence-electron chi connectivity index (χ0n) is 13.7. The first-order valence-electron chi connectivity index (χ1n) is 8.06. The number of fused-ring (bicyclic) bond motifs is 1. The van der Waals surface area contributed by atoms with Gasteiger partial charge in [0.1, 0.15) is 30.7 Å². The summed E-state index contributed by atoms with van der Waals surface area (Å²) >= 11 is 12.1. The van der Waals surface area contributed by atoms with Crippen molar-refractivity contribution >= 4 is 28.9 Å². The molecule has 0 fully saturated rings. The topological polar surface area (TPSA) is 48.6 Å². The average Bonchev–Trinajstić information content (AvgIpc) is 3.18. The lowest BCUT2D eigenvalue weighted by Crippen LogP contribution is -2.30. The minimum Gasteiger partial charge on any atom is -0.490 e. The molecule has 0 bridgehead atoms. The second-order valence-corrected chi connectivity index (χ2v) is 6.66. The number of nitrogens with zero attached hydrogens (tertiary/aromatic N) is 3. The Hall–Kier alpha value is -2.50. The van der Waals surface area contributed by atoms with Crippen molar-refractivity contribution in [2.45, 2.75) is 12.6 Å². The van der Waals surface area contributed by atoms with Crippen LogP contribution in [0.15, 0.2) is 66.3 Å². The number of para-hydroxylation sites is 1. The molecule has 2 heterocycles. The highest BCUT2D eigenvalue weighted by atomic mass is 35.5. The van der Waals surface area contributed by atoms with Gasteiger partial charge in [0.25, 0.3) is 0 Å². The van der Waals surface area contributed by atoms with E-state index in [1.165, 1.54) is 0 Å². The average molecular weight is 388 g/mol. The van der Waals surface area contributed by atoms with E-state index >= 15 is 0 Å². The van der Waals surface area contributed by atoms with Crippen LogP contribution in [0.25, 0.3) is 0 Å². The molecule has 1 aliphatic heterocycles. The van der Waals surface area contributed by atoms with Crippen LogP contribution in [0.5, 0.6) is 5.75 Å². The molecule has 0 radical (unpaired) electrons. The Morgan fingerprint density at radius 1 is 1.23 bits per heavy atom. The maximum atomic E-state index is 6.20. The number of hydrogen-bond acceptors (Lipinski definition) is 4. The molecule has 0 aliphatic carbocycles. The molecule has 0 saturated carbocycles. The number of ether oxygens (including phenoxy) is 1. The van der Waals surface area contributed by atoms with E-state index in [0.717, 1.165) is 22.6 Å². The van der Waals surface area contributed by atoms with Gasteiger partial charge in [0.2, 0.25) is 0 Å². The molecule has 1 unspecified atom stereocenters. The van der Waals surface area contributed by atoms with Crippen LogP contribution in [-0.4, -0.2) is 21.9 Å². The first-order valence-corrected chi connectivity index (χ1v) is 8.81.